The van der Waals surface area contributed by atoms with Crippen molar-refractivity contribution in [2.45, 2.75) is 20.0 Å². The molecule has 1 aliphatic heterocycles. The fourth-order valence-electron chi connectivity index (χ4n) is 2.87. The highest BCUT2D eigenvalue weighted by molar-refractivity contribution is 7.08. The summed E-state index contributed by atoms with van der Waals surface area (Å²) in [6.45, 7) is 0.215. The zero-order valence-electron chi connectivity index (χ0n) is 14.6. The Kier molecular flexibility index (Phi) is 5.94. The maximum atomic E-state index is 12.7. The van der Waals surface area contributed by atoms with Gasteiger partial charge in [-0.15, -0.1) is 5.10 Å². The molecule has 2 aromatic rings. The number of carbonyl (C=O) groups is 2. The van der Waals surface area contributed by atoms with Gasteiger partial charge in [0.25, 0.3) is 11.8 Å². The first-order valence-corrected chi connectivity index (χ1v) is 9.22. The van der Waals surface area contributed by atoms with Crippen LogP contribution in [0.15, 0.2) is 24.3 Å². The first-order valence-electron chi connectivity index (χ1n) is 8.44. The second-order valence-corrected chi connectivity index (χ2v) is 6.62. The van der Waals surface area contributed by atoms with Crippen molar-refractivity contribution in [3.63, 3.8) is 0 Å². The number of rotatable bonds is 5. The van der Waals surface area contributed by atoms with E-state index < -0.39 is 12.5 Å². The van der Waals surface area contributed by atoms with Gasteiger partial charge in [-0.05, 0) is 30.1 Å². The van der Waals surface area contributed by atoms with E-state index in [4.69, 9.17) is 0 Å². The number of halogens is 2. The lowest BCUT2D eigenvalue weighted by Gasteiger charge is -2.34. The molecule has 10 heteroatoms. The molecule has 1 fully saturated rings. The predicted molar refractivity (Wildman–Crippen MR) is 94.2 cm³/mol. The van der Waals surface area contributed by atoms with Crippen LogP contribution in [0.5, 0.6) is 5.75 Å². The number of piperazine rings is 1. The van der Waals surface area contributed by atoms with Gasteiger partial charge in [0.15, 0.2) is 0 Å². The molecule has 0 aliphatic carbocycles. The van der Waals surface area contributed by atoms with E-state index in [0.29, 0.717) is 43.2 Å². The molecule has 0 radical (unpaired) electrons. The van der Waals surface area contributed by atoms with Crippen molar-refractivity contribution in [3.8, 4) is 5.75 Å². The van der Waals surface area contributed by atoms with Crippen molar-refractivity contribution < 1.29 is 23.1 Å². The van der Waals surface area contributed by atoms with Gasteiger partial charge in [0.05, 0.1) is 11.3 Å². The van der Waals surface area contributed by atoms with Gasteiger partial charge >= 0.3 is 6.61 Å². The van der Waals surface area contributed by atoms with Crippen LogP contribution in [-0.2, 0) is 6.42 Å². The Morgan fingerprint density at radius 3 is 2.41 bits per heavy atom. The monoisotopic (exact) mass is 396 g/mol. The van der Waals surface area contributed by atoms with E-state index in [1.165, 1.54) is 23.1 Å². The normalized spacial score (nSPS) is 14.5. The Labute approximate surface area is 158 Å². The van der Waals surface area contributed by atoms with Crippen LogP contribution < -0.4 is 4.74 Å². The third-order valence-corrected chi connectivity index (χ3v) is 5.03. The molecular weight excluding hydrogens is 378 g/mol. The largest absolute Gasteiger partial charge is 0.434 e. The second-order valence-electron chi connectivity index (χ2n) is 5.86. The molecule has 0 saturated carbocycles. The third kappa shape index (κ3) is 4.21. The zero-order chi connectivity index (χ0) is 19.4. The van der Waals surface area contributed by atoms with E-state index >= 15 is 0 Å². The lowest BCUT2D eigenvalue weighted by Crippen LogP contribution is -2.50. The highest BCUT2D eigenvalue weighted by atomic mass is 32.1. The Bertz CT molecular complexity index is 822. The van der Waals surface area contributed by atoms with E-state index in [2.05, 4.69) is 14.3 Å². The first kappa shape index (κ1) is 19.2. The van der Waals surface area contributed by atoms with E-state index in [1.807, 2.05) is 6.92 Å². The molecule has 0 bridgehead atoms. The molecule has 2 amide bonds. The van der Waals surface area contributed by atoms with Gasteiger partial charge in [0, 0.05) is 26.2 Å². The van der Waals surface area contributed by atoms with Crippen LogP contribution in [0.1, 0.15) is 32.6 Å². The number of carbonyl (C=O) groups excluding carboxylic acids is 2. The topological polar surface area (TPSA) is 75.6 Å². The van der Waals surface area contributed by atoms with Crippen LogP contribution in [0, 0.1) is 0 Å². The molecule has 0 spiro atoms. The smallest absolute Gasteiger partial charge is 0.387 e. The minimum Gasteiger partial charge on any atom is -0.434 e. The van der Waals surface area contributed by atoms with Crippen LogP contribution >= 0.6 is 11.5 Å². The number of nitrogens with zero attached hydrogens (tertiary/aromatic N) is 4. The SMILES string of the molecule is CCc1nnsc1C(=O)N1CCN(C(=O)c2ccccc2OC(F)F)CC1. The maximum Gasteiger partial charge on any atom is 0.387 e. The quantitative estimate of drug-likeness (QED) is 0.775. The molecule has 1 aromatic carbocycles. The Morgan fingerprint density at radius 1 is 1.15 bits per heavy atom. The summed E-state index contributed by atoms with van der Waals surface area (Å²) in [5, 5.41) is 3.95. The highest BCUT2D eigenvalue weighted by Gasteiger charge is 2.29. The van der Waals surface area contributed by atoms with E-state index in [-0.39, 0.29) is 17.2 Å². The average Bonchev–Trinajstić information content (AvgIpc) is 3.16. The highest BCUT2D eigenvalue weighted by Crippen LogP contribution is 2.23. The zero-order valence-corrected chi connectivity index (χ0v) is 15.4. The summed E-state index contributed by atoms with van der Waals surface area (Å²) in [5.41, 5.74) is 0.749. The van der Waals surface area contributed by atoms with E-state index in [0.717, 1.165) is 11.5 Å². The molecule has 0 atom stereocenters. The standard InChI is InChI=1S/C17H18F2N4O3S/c1-2-12-14(27-21-20-12)16(25)23-9-7-22(8-10-23)15(24)11-5-3-4-6-13(11)26-17(18)19/h3-6,17H,2,7-10H2,1H3. The summed E-state index contributed by atoms with van der Waals surface area (Å²) in [5.74, 6) is -0.693. The molecule has 0 N–H and O–H groups in total. The minimum absolute atomic E-state index is 0.0810. The molecule has 144 valence electrons. The van der Waals surface area contributed by atoms with Gasteiger partial charge in [0.1, 0.15) is 10.6 Å². The summed E-state index contributed by atoms with van der Waals surface area (Å²) in [6.07, 6.45) is 0.622. The van der Waals surface area contributed by atoms with Crippen LogP contribution in [0.25, 0.3) is 0 Å². The van der Waals surface area contributed by atoms with Gasteiger partial charge < -0.3 is 14.5 Å². The van der Waals surface area contributed by atoms with Crippen molar-refractivity contribution in [2.75, 3.05) is 26.2 Å². The van der Waals surface area contributed by atoms with Gasteiger partial charge in [0.2, 0.25) is 0 Å². The molecule has 2 heterocycles. The number of aryl methyl sites for hydroxylation is 1. The van der Waals surface area contributed by atoms with Gasteiger partial charge in [-0.2, -0.15) is 8.78 Å². The molecule has 1 aromatic heterocycles. The van der Waals surface area contributed by atoms with Crippen molar-refractivity contribution in [1.29, 1.82) is 0 Å². The molecule has 27 heavy (non-hydrogen) atoms. The fraction of sp³-hybridized carbons (Fsp3) is 0.412. The summed E-state index contributed by atoms with van der Waals surface area (Å²) in [6, 6.07) is 5.91. The number of hydrogen-bond donors (Lipinski definition) is 0. The number of ether oxygens (including phenoxy) is 1. The second kappa shape index (κ2) is 8.38. The Hall–Kier alpha value is -2.62. The molecule has 1 saturated heterocycles. The van der Waals surface area contributed by atoms with Crippen molar-refractivity contribution in [2.24, 2.45) is 0 Å². The minimum atomic E-state index is -3.01. The van der Waals surface area contributed by atoms with Gasteiger partial charge in [-0.25, -0.2) is 0 Å². The van der Waals surface area contributed by atoms with Crippen LogP contribution in [-0.4, -0.2) is 64.0 Å². The van der Waals surface area contributed by atoms with Crippen molar-refractivity contribution in [1.82, 2.24) is 19.4 Å². The Morgan fingerprint density at radius 2 is 1.78 bits per heavy atom. The van der Waals surface area contributed by atoms with Crippen LogP contribution in [0.2, 0.25) is 0 Å². The number of amides is 2. The molecule has 0 unspecified atom stereocenters. The lowest BCUT2D eigenvalue weighted by molar-refractivity contribution is -0.0503. The molecule has 7 nitrogen and oxygen atoms in total. The lowest BCUT2D eigenvalue weighted by atomic mass is 10.1. The summed E-state index contributed by atoms with van der Waals surface area (Å²) in [4.78, 5) is 29.0. The Balaban J connectivity index is 1.66. The summed E-state index contributed by atoms with van der Waals surface area (Å²) < 4.78 is 33.3. The fourth-order valence-corrected chi connectivity index (χ4v) is 3.59. The molecule has 1 aliphatic rings. The molecule has 3 rings (SSSR count). The first-order chi connectivity index (χ1) is 13.0. The maximum absolute atomic E-state index is 12.7. The van der Waals surface area contributed by atoms with Gasteiger partial charge in [-0.1, -0.05) is 23.5 Å². The third-order valence-electron chi connectivity index (χ3n) is 4.27. The number of aromatic nitrogens is 2. The number of benzene rings is 1. The molecular formula is C17H18F2N4O3S. The summed E-state index contributed by atoms with van der Waals surface area (Å²) >= 11 is 1.07. The van der Waals surface area contributed by atoms with Crippen LogP contribution in [0.3, 0.4) is 0 Å². The van der Waals surface area contributed by atoms with E-state index in [1.54, 1.807) is 11.0 Å². The predicted octanol–water partition coefficient (Wildman–Crippen LogP) is 2.30. The van der Waals surface area contributed by atoms with E-state index in [9.17, 15) is 18.4 Å². The average molecular weight is 396 g/mol. The van der Waals surface area contributed by atoms with Crippen molar-refractivity contribution >= 4 is 23.3 Å². The van der Waals surface area contributed by atoms with Gasteiger partial charge in [-0.3, -0.25) is 9.59 Å². The number of para-hydroxylation sites is 1. The summed E-state index contributed by atoms with van der Waals surface area (Å²) in [7, 11) is 0. The van der Waals surface area contributed by atoms with Crippen LogP contribution in [0.4, 0.5) is 8.78 Å². The van der Waals surface area contributed by atoms with Crippen molar-refractivity contribution in [3.05, 3.63) is 40.4 Å². The number of alkyl halides is 2. The number of hydrogen-bond acceptors (Lipinski definition) is 6.